The minimum atomic E-state index is -1.68. The first-order chi connectivity index (χ1) is 27.1. The van der Waals surface area contributed by atoms with Crippen molar-refractivity contribution in [3.05, 3.63) is 141 Å². The third-order valence-corrected chi connectivity index (χ3v) is 12.1. The Hall–Kier alpha value is -4.55. The summed E-state index contributed by atoms with van der Waals surface area (Å²) in [7, 11) is -0.0184. The van der Waals surface area contributed by atoms with E-state index < -0.39 is 25.9 Å². The molecule has 3 atom stereocenters. The molecule has 0 radical (unpaired) electrons. The highest BCUT2D eigenvalue weighted by Gasteiger charge is 2.39. The van der Waals surface area contributed by atoms with Gasteiger partial charge in [-0.2, -0.15) is 5.26 Å². The summed E-state index contributed by atoms with van der Waals surface area (Å²) >= 11 is 0. The number of fused-ring (bicyclic) bond motifs is 1. The largest absolute Gasteiger partial charge is 0.497 e. The quantitative estimate of drug-likeness (QED) is 0.0331. The van der Waals surface area contributed by atoms with Crippen molar-refractivity contribution in [3.63, 3.8) is 0 Å². The topological polar surface area (TPSA) is 97.4 Å². The highest BCUT2D eigenvalue weighted by molar-refractivity contribution is 7.44. The number of nitrogens with zero attached hydrogens (tertiary/aromatic N) is 3. The van der Waals surface area contributed by atoms with Gasteiger partial charge in [-0.1, -0.05) is 72.3 Å². The predicted molar refractivity (Wildman–Crippen MR) is 226 cm³/mol. The van der Waals surface area contributed by atoms with Crippen molar-refractivity contribution in [2.45, 2.75) is 85.1 Å². The van der Waals surface area contributed by atoms with E-state index in [0.29, 0.717) is 17.6 Å². The lowest BCUT2D eigenvalue weighted by molar-refractivity contribution is -0.00433. The summed E-state index contributed by atoms with van der Waals surface area (Å²) in [5, 5.41) is 10.2. The van der Waals surface area contributed by atoms with Gasteiger partial charge in [0.2, 0.25) is 0 Å². The van der Waals surface area contributed by atoms with Crippen molar-refractivity contribution in [3.8, 4) is 11.8 Å². The molecule has 1 heterocycles. The molecule has 0 N–H and O–H groups in total. The van der Waals surface area contributed by atoms with Crippen LogP contribution in [0.15, 0.2) is 112 Å². The predicted octanol–water partition coefficient (Wildman–Crippen LogP) is 10.7. The van der Waals surface area contributed by atoms with Crippen LogP contribution in [0.4, 0.5) is 5.69 Å². The summed E-state index contributed by atoms with van der Waals surface area (Å²) in [6.45, 7) is 16.8. The first-order valence-corrected chi connectivity index (χ1v) is 20.7. The maximum Gasteiger partial charge on any atom is 0.336 e. The molecule has 4 aromatic carbocycles. The van der Waals surface area contributed by atoms with Gasteiger partial charge in [0.05, 0.1) is 38.9 Å². The summed E-state index contributed by atoms with van der Waals surface area (Å²) < 4.78 is 34.4. The number of rotatable bonds is 20. The first-order valence-electron chi connectivity index (χ1n) is 19.5. The van der Waals surface area contributed by atoms with Gasteiger partial charge in [0, 0.05) is 54.8 Å². The van der Waals surface area contributed by atoms with Crippen molar-refractivity contribution in [1.29, 1.82) is 5.26 Å². The van der Waals surface area contributed by atoms with Gasteiger partial charge in [0.25, 0.3) is 8.53 Å². The maximum atomic E-state index is 13.4. The Balaban J connectivity index is 1.65. The number of hydrogen-bond acceptors (Lipinski definition) is 9. The van der Waals surface area contributed by atoms with E-state index in [4.69, 9.17) is 22.9 Å². The molecule has 0 saturated heterocycles. The van der Waals surface area contributed by atoms with E-state index in [-0.39, 0.29) is 31.7 Å². The molecular weight excluding hydrogens is 721 g/mol. The van der Waals surface area contributed by atoms with Gasteiger partial charge in [-0.15, -0.1) is 0 Å². The number of hydrogen-bond donors (Lipinski definition) is 0. The molecule has 296 valence electrons. The number of benzene rings is 4. The summed E-state index contributed by atoms with van der Waals surface area (Å²) in [5.41, 5.74) is 4.71. The molecule has 0 aliphatic heterocycles. The summed E-state index contributed by atoms with van der Waals surface area (Å²) in [4.78, 5) is 15.6. The Morgan fingerprint density at radius 3 is 2.04 bits per heavy atom. The number of anilines is 1. The Morgan fingerprint density at radius 2 is 1.45 bits per heavy atom. The van der Waals surface area contributed by atoms with Crippen molar-refractivity contribution >= 4 is 25.2 Å². The molecule has 9 nitrogen and oxygen atoms in total. The van der Waals surface area contributed by atoms with Crippen LogP contribution in [-0.4, -0.2) is 50.2 Å². The molecule has 1 aromatic heterocycles. The fourth-order valence-electron chi connectivity index (χ4n) is 7.25. The molecule has 0 amide bonds. The van der Waals surface area contributed by atoms with E-state index in [9.17, 15) is 10.1 Å². The second kappa shape index (κ2) is 20.0. The van der Waals surface area contributed by atoms with Crippen LogP contribution in [0.2, 0.25) is 0 Å². The van der Waals surface area contributed by atoms with Gasteiger partial charge in [-0.25, -0.2) is 9.46 Å². The third kappa shape index (κ3) is 9.87. The molecular formula is C46H56N3O6P. The van der Waals surface area contributed by atoms with Crippen molar-refractivity contribution in [2.75, 3.05) is 38.3 Å². The zero-order valence-corrected chi connectivity index (χ0v) is 34.9. The van der Waals surface area contributed by atoms with Crippen molar-refractivity contribution in [2.24, 2.45) is 0 Å². The number of ether oxygens (including phenoxy) is 2. The molecule has 0 fully saturated rings. The monoisotopic (exact) mass is 777 g/mol. The van der Waals surface area contributed by atoms with Crippen molar-refractivity contribution in [1.82, 2.24) is 4.67 Å². The molecule has 3 unspecified atom stereocenters. The molecule has 0 spiro atoms. The summed E-state index contributed by atoms with van der Waals surface area (Å²) in [6, 6.07) is 36.6. The highest BCUT2D eigenvalue weighted by atomic mass is 31.2. The van der Waals surface area contributed by atoms with E-state index in [1.807, 2.05) is 42.5 Å². The van der Waals surface area contributed by atoms with Gasteiger partial charge in [-0.05, 0) is 95.0 Å². The molecule has 0 bridgehead atoms. The fourth-order valence-corrected chi connectivity index (χ4v) is 8.99. The molecule has 0 aliphatic rings. The van der Waals surface area contributed by atoms with Crippen LogP contribution >= 0.6 is 8.53 Å². The van der Waals surface area contributed by atoms with Crippen LogP contribution in [0, 0.1) is 18.3 Å². The van der Waals surface area contributed by atoms with Gasteiger partial charge < -0.3 is 27.8 Å². The fraction of sp³-hybridized carbons (Fsp3) is 0.391. The average molecular weight is 778 g/mol. The van der Waals surface area contributed by atoms with E-state index >= 15 is 0 Å². The van der Waals surface area contributed by atoms with Crippen LogP contribution in [0.5, 0.6) is 5.75 Å². The van der Waals surface area contributed by atoms with Crippen LogP contribution < -0.4 is 15.3 Å². The lowest BCUT2D eigenvalue weighted by Crippen LogP contribution is -2.35. The number of aryl methyl sites for hydroxylation is 1. The zero-order chi connectivity index (χ0) is 40.2. The van der Waals surface area contributed by atoms with Crippen LogP contribution in [0.3, 0.4) is 0 Å². The Labute approximate surface area is 333 Å². The Bertz CT molecular complexity index is 2070. The van der Waals surface area contributed by atoms with Gasteiger partial charge >= 0.3 is 5.63 Å². The smallest absolute Gasteiger partial charge is 0.336 e. The highest BCUT2D eigenvalue weighted by Crippen LogP contribution is 2.51. The lowest BCUT2D eigenvalue weighted by Gasteiger charge is -2.38. The second-order valence-corrected chi connectivity index (χ2v) is 15.7. The van der Waals surface area contributed by atoms with Crippen molar-refractivity contribution < 1.29 is 22.9 Å². The molecule has 5 aromatic rings. The molecule has 56 heavy (non-hydrogen) atoms. The number of methoxy groups -OCH3 is 1. The minimum Gasteiger partial charge on any atom is -0.497 e. The Kier molecular flexibility index (Phi) is 15.2. The third-order valence-electron chi connectivity index (χ3n) is 9.95. The molecule has 5 rings (SSSR count). The average Bonchev–Trinajstić information content (AvgIpc) is 3.19. The zero-order valence-electron chi connectivity index (χ0n) is 34.0. The summed E-state index contributed by atoms with van der Waals surface area (Å²) in [5.74, 6) is 0.747. The van der Waals surface area contributed by atoms with Gasteiger partial charge in [0.15, 0.2) is 0 Å². The summed E-state index contributed by atoms with van der Waals surface area (Å²) in [6.07, 6.45) is -0.0435. The maximum absolute atomic E-state index is 13.4. The van der Waals surface area contributed by atoms with Gasteiger partial charge in [-0.3, -0.25) is 0 Å². The minimum absolute atomic E-state index is 0.0802. The second-order valence-electron chi connectivity index (χ2n) is 14.3. The molecule has 0 saturated carbocycles. The molecule has 10 heteroatoms. The lowest BCUT2D eigenvalue weighted by atomic mass is 9.79. The Morgan fingerprint density at radius 1 is 0.821 bits per heavy atom. The number of nitriles is 1. The van der Waals surface area contributed by atoms with Gasteiger partial charge in [0.1, 0.15) is 16.9 Å². The van der Waals surface area contributed by atoms with Crippen LogP contribution in [-0.2, 0) is 19.4 Å². The SMILES string of the molecule is CCN(CC)c1ccc2c(C(CCOC(c3ccccc3)(c3ccc(C)cc3)c3ccc(OC)cc3)OP(OCCC#N)N(C(C)C)C(C)C)cc(=O)oc2c1. The standard InChI is InChI=1S/C46H56N3O6P/c1-9-48(10-2)39-23-26-41-42(32-45(50)54-44(41)31-39)43(55-56(53-29-14-28-47)49(33(3)4)34(5)6)27-30-52-46(36-15-12-11-13-16-36,37-19-17-35(7)18-20-37)38-21-24-40(51-8)25-22-38/h11-13,15-26,31-34,43H,9-10,14,27,29-30H2,1-8H3. The van der Waals surface area contributed by atoms with E-state index in [1.54, 1.807) is 7.11 Å². The van der Waals surface area contributed by atoms with E-state index in [0.717, 1.165) is 52.2 Å². The van der Waals surface area contributed by atoms with Crippen LogP contribution in [0.25, 0.3) is 11.0 Å². The molecule has 0 aliphatic carbocycles. The van der Waals surface area contributed by atoms with Crippen LogP contribution in [0.1, 0.15) is 88.3 Å². The van der Waals surface area contributed by atoms with E-state index in [2.05, 4.69) is 119 Å². The first kappa shape index (κ1) is 42.6. The normalized spacial score (nSPS) is 13.8. The van der Waals surface area contributed by atoms with E-state index in [1.165, 1.54) is 6.07 Å².